The first-order chi connectivity index (χ1) is 7.95. The summed E-state index contributed by atoms with van der Waals surface area (Å²) in [5, 5.41) is 21.0. The highest BCUT2D eigenvalue weighted by Crippen LogP contribution is 2.22. The van der Waals surface area contributed by atoms with Crippen LogP contribution < -0.4 is 5.32 Å². The van der Waals surface area contributed by atoms with Crippen molar-refractivity contribution in [1.82, 2.24) is 5.32 Å². The Kier molecular flexibility index (Phi) is 5.05. The second kappa shape index (κ2) is 6.10. The Morgan fingerprint density at radius 2 is 1.88 bits per heavy atom. The second-order valence-corrected chi connectivity index (χ2v) is 4.86. The van der Waals surface area contributed by atoms with Gasteiger partial charge in [0, 0.05) is 18.5 Å². The second-order valence-electron chi connectivity index (χ2n) is 4.86. The molecular weight excluding hydrogens is 221 g/mol. The lowest BCUT2D eigenvalue weighted by atomic mass is 9.84. The lowest BCUT2D eigenvalue weighted by Crippen LogP contribution is -2.38. The van der Waals surface area contributed by atoms with E-state index in [-0.39, 0.29) is 17.8 Å². The Labute approximate surface area is 101 Å². The average molecular weight is 241 g/mol. The Hall–Kier alpha value is -0.970. The number of aliphatic hydroxyl groups is 2. The molecule has 4 heteroatoms. The van der Waals surface area contributed by atoms with Crippen LogP contribution in [0.15, 0.2) is 24.3 Å². The van der Waals surface area contributed by atoms with Gasteiger partial charge in [0.15, 0.2) is 0 Å². The molecule has 1 aromatic rings. The van der Waals surface area contributed by atoms with Crippen molar-refractivity contribution in [2.75, 3.05) is 19.7 Å². The molecule has 0 spiro atoms. The van der Waals surface area contributed by atoms with E-state index in [9.17, 15) is 9.50 Å². The van der Waals surface area contributed by atoms with Gasteiger partial charge in [-0.1, -0.05) is 26.0 Å². The van der Waals surface area contributed by atoms with Gasteiger partial charge < -0.3 is 15.5 Å². The molecule has 0 radical (unpaired) electrons. The van der Waals surface area contributed by atoms with Crippen LogP contribution >= 0.6 is 0 Å². The summed E-state index contributed by atoms with van der Waals surface area (Å²) in [6.45, 7) is 4.83. The number of hydrogen-bond donors (Lipinski definition) is 3. The van der Waals surface area contributed by atoms with Gasteiger partial charge in [0.25, 0.3) is 0 Å². The molecule has 1 unspecified atom stereocenters. The third kappa shape index (κ3) is 4.42. The summed E-state index contributed by atoms with van der Waals surface area (Å²) in [5.41, 5.74) is 0.882. The lowest BCUT2D eigenvalue weighted by molar-refractivity contribution is 0.0934. The van der Waals surface area contributed by atoms with Crippen molar-refractivity contribution in [3.05, 3.63) is 35.6 Å². The first-order valence-corrected chi connectivity index (χ1v) is 5.71. The monoisotopic (exact) mass is 241 g/mol. The van der Waals surface area contributed by atoms with Gasteiger partial charge in [-0.3, -0.25) is 0 Å². The van der Waals surface area contributed by atoms with Gasteiger partial charge in [0.1, 0.15) is 5.82 Å². The molecule has 3 nitrogen and oxygen atoms in total. The highest BCUT2D eigenvalue weighted by atomic mass is 19.1. The van der Waals surface area contributed by atoms with Gasteiger partial charge in [-0.2, -0.15) is 0 Å². The highest BCUT2D eigenvalue weighted by Gasteiger charge is 2.20. The molecule has 1 atom stereocenters. The van der Waals surface area contributed by atoms with E-state index in [1.807, 2.05) is 13.8 Å². The smallest absolute Gasteiger partial charge is 0.123 e. The molecule has 0 amide bonds. The zero-order valence-electron chi connectivity index (χ0n) is 10.3. The minimum atomic E-state index is -0.737. The van der Waals surface area contributed by atoms with E-state index >= 15 is 0 Å². The maximum atomic E-state index is 12.8. The molecule has 1 rings (SSSR count). The minimum Gasteiger partial charge on any atom is -0.394 e. The normalized spacial score (nSPS) is 13.7. The van der Waals surface area contributed by atoms with E-state index < -0.39 is 6.10 Å². The lowest BCUT2D eigenvalue weighted by Gasteiger charge is -2.26. The fourth-order valence-electron chi connectivity index (χ4n) is 1.62. The number of benzene rings is 1. The van der Waals surface area contributed by atoms with Gasteiger partial charge in [0.05, 0.1) is 12.7 Å². The van der Waals surface area contributed by atoms with Gasteiger partial charge in [-0.05, 0) is 17.7 Å². The molecule has 0 bridgehead atoms. The maximum absolute atomic E-state index is 12.8. The molecule has 0 aliphatic rings. The van der Waals surface area contributed by atoms with Crippen molar-refractivity contribution >= 4 is 0 Å². The zero-order chi connectivity index (χ0) is 12.9. The van der Waals surface area contributed by atoms with Gasteiger partial charge in [-0.15, -0.1) is 0 Å². The van der Waals surface area contributed by atoms with E-state index in [1.54, 1.807) is 12.1 Å². The number of rotatable bonds is 6. The van der Waals surface area contributed by atoms with E-state index in [0.29, 0.717) is 13.1 Å². The van der Waals surface area contributed by atoms with Crippen LogP contribution in [0.25, 0.3) is 0 Å². The van der Waals surface area contributed by atoms with Crippen LogP contribution in [-0.4, -0.2) is 36.0 Å². The Morgan fingerprint density at radius 3 is 2.41 bits per heavy atom. The summed E-state index contributed by atoms with van der Waals surface area (Å²) < 4.78 is 12.8. The summed E-state index contributed by atoms with van der Waals surface area (Å²) in [4.78, 5) is 0. The van der Waals surface area contributed by atoms with Crippen LogP contribution in [0.2, 0.25) is 0 Å². The SMILES string of the molecule is CC(C)(CNCC(O)CO)c1ccc(F)cc1. The van der Waals surface area contributed by atoms with E-state index in [4.69, 9.17) is 5.11 Å². The minimum absolute atomic E-state index is 0.150. The van der Waals surface area contributed by atoms with E-state index in [0.717, 1.165) is 5.56 Å². The first kappa shape index (κ1) is 14.1. The van der Waals surface area contributed by atoms with Crippen molar-refractivity contribution in [2.45, 2.75) is 25.4 Å². The van der Waals surface area contributed by atoms with Crippen LogP contribution in [0.5, 0.6) is 0 Å². The van der Waals surface area contributed by atoms with Gasteiger partial charge in [-0.25, -0.2) is 4.39 Å². The third-order valence-corrected chi connectivity index (χ3v) is 2.78. The molecule has 17 heavy (non-hydrogen) atoms. The van der Waals surface area contributed by atoms with E-state index in [1.165, 1.54) is 12.1 Å². The van der Waals surface area contributed by atoms with Crippen molar-refractivity contribution in [1.29, 1.82) is 0 Å². The predicted octanol–water partition coefficient (Wildman–Crippen LogP) is 1.05. The topological polar surface area (TPSA) is 52.5 Å². The summed E-state index contributed by atoms with van der Waals surface area (Å²) in [6, 6.07) is 6.41. The highest BCUT2D eigenvalue weighted by molar-refractivity contribution is 5.24. The number of hydrogen-bond acceptors (Lipinski definition) is 3. The summed E-state index contributed by atoms with van der Waals surface area (Å²) >= 11 is 0. The summed E-state index contributed by atoms with van der Waals surface area (Å²) in [6.07, 6.45) is -0.737. The molecule has 0 heterocycles. The standard InChI is InChI=1S/C13H20FNO2/c1-13(2,9-15-7-12(17)8-16)10-3-5-11(14)6-4-10/h3-6,12,15-17H,7-9H2,1-2H3. The Balaban J connectivity index is 2.53. The number of nitrogens with one attached hydrogen (secondary N) is 1. The average Bonchev–Trinajstić information content (AvgIpc) is 2.29. The van der Waals surface area contributed by atoms with Crippen molar-refractivity contribution in [3.8, 4) is 0 Å². The van der Waals surface area contributed by atoms with Crippen LogP contribution in [-0.2, 0) is 5.41 Å². The quantitative estimate of drug-likeness (QED) is 0.697. The fraction of sp³-hybridized carbons (Fsp3) is 0.538. The predicted molar refractivity (Wildman–Crippen MR) is 65.4 cm³/mol. The molecular formula is C13H20FNO2. The van der Waals surface area contributed by atoms with Crippen LogP contribution in [0.3, 0.4) is 0 Å². The molecule has 1 aromatic carbocycles. The van der Waals surface area contributed by atoms with Crippen molar-refractivity contribution in [2.24, 2.45) is 0 Å². The molecule has 0 aromatic heterocycles. The fourth-order valence-corrected chi connectivity index (χ4v) is 1.62. The third-order valence-electron chi connectivity index (χ3n) is 2.78. The first-order valence-electron chi connectivity index (χ1n) is 5.71. The zero-order valence-corrected chi connectivity index (χ0v) is 10.3. The van der Waals surface area contributed by atoms with Crippen LogP contribution in [0.1, 0.15) is 19.4 Å². The Morgan fingerprint density at radius 1 is 1.29 bits per heavy atom. The van der Waals surface area contributed by atoms with Crippen molar-refractivity contribution in [3.63, 3.8) is 0 Å². The maximum Gasteiger partial charge on any atom is 0.123 e. The van der Waals surface area contributed by atoms with Crippen molar-refractivity contribution < 1.29 is 14.6 Å². The molecule has 0 fully saturated rings. The Bertz CT molecular complexity index is 338. The largest absolute Gasteiger partial charge is 0.394 e. The van der Waals surface area contributed by atoms with Gasteiger partial charge >= 0.3 is 0 Å². The van der Waals surface area contributed by atoms with Crippen LogP contribution in [0, 0.1) is 5.82 Å². The number of aliphatic hydroxyl groups excluding tert-OH is 2. The molecule has 0 saturated heterocycles. The molecule has 0 aliphatic carbocycles. The van der Waals surface area contributed by atoms with Gasteiger partial charge in [0.2, 0.25) is 0 Å². The number of halogens is 1. The molecule has 3 N–H and O–H groups in total. The molecule has 96 valence electrons. The molecule has 0 saturated carbocycles. The van der Waals surface area contributed by atoms with Crippen LogP contribution in [0.4, 0.5) is 4.39 Å². The molecule has 0 aliphatic heterocycles. The summed E-state index contributed by atoms with van der Waals surface area (Å²) in [7, 11) is 0. The van der Waals surface area contributed by atoms with E-state index in [2.05, 4.69) is 5.32 Å². The summed E-state index contributed by atoms with van der Waals surface area (Å²) in [5.74, 6) is -0.242.